The van der Waals surface area contributed by atoms with Crippen LogP contribution in [-0.4, -0.2) is 42.5 Å². The fourth-order valence-electron chi connectivity index (χ4n) is 4.56. The molecule has 1 atom stereocenters. The van der Waals surface area contributed by atoms with Crippen LogP contribution in [0.25, 0.3) is 11.1 Å². The maximum Gasteiger partial charge on any atom is 0.410 e. The van der Waals surface area contributed by atoms with E-state index >= 15 is 0 Å². The number of fused-ring (bicyclic) bond motifs is 4. The van der Waals surface area contributed by atoms with E-state index in [1.165, 1.54) is 22.3 Å². The maximum atomic E-state index is 13.0. The Hall–Kier alpha value is -3.31. The van der Waals surface area contributed by atoms with Gasteiger partial charge in [0.05, 0.1) is 19.2 Å². The maximum absolute atomic E-state index is 13.0. The zero-order valence-electron chi connectivity index (χ0n) is 16.5. The summed E-state index contributed by atoms with van der Waals surface area (Å²) in [6.07, 6.45) is -0.434. The highest BCUT2D eigenvalue weighted by Gasteiger charge is 2.33. The lowest BCUT2D eigenvalue weighted by molar-refractivity contribution is 0.0659. The van der Waals surface area contributed by atoms with Crippen LogP contribution in [0.5, 0.6) is 5.75 Å². The Morgan fingerprint density at radius 2 is 1.53 bits per heavy atom. The molecular formula is C25H23NO4. The van der Waals surface area contributed by atoms with Crippen molar-refractivity contribution in [3.8, 4) is 16.9 Å². The highest BCUT2D eigenvalue weighted by molar-refractivity contribution is 5.79. The van der Waals surface area contributed by atoms with E-state index in [0.29, 0.717) is 18.9 Å². The summed E-state index contributed by atoms with van der Waals surface area (Å²) in [6.45, 7) is 0.781. The number of aliphatic hydroxyl groups excluding tert-OH is 1. The molecule has 1 N–H and O–H groups in total. The molecule has 5 nitrogen and oxygen atoms in total. The quantitative estimate of drug-likeness (QED) is 0.708. The molecule has 1 unspecified atom stereocenters. The van der Waals surface area contributed by atoms with Gasteiger partial charge in [-0.05, 0) is 28.3 Å². The average molecular weight is 401 g/mol. The molecule has 0 saturated heterocycles. The van der Waals surface area contributed by atoms with Gasteiger partial charge in [0.25, 0.3) is 0 Å². The van der Waals surface area contributed by atoms with E-state index in [1.807, 2.05) is 48.5 Å². The molecule has 1 amide bonds. The first-order chi connectivity index (χ1) is 14.8. The molecular weight excluding hydrogens is 378 g/mol. The molecule has 1 heterocycles. The first-order valence-electron chi connectivity index (χ1n) is 10.2. The minimum atomic E-state index is -0.487. The molecule has 0 fully saturated rings. The van der Waals surface area contributed by atoms with Gasteiger partial charge in [-0.2, -0.15) is 0 Å². The van der Waals surface area contributed by atoms with Crippen molar-refractivity contribution in [2.75, 3.05) is 26.4 Å². The van der Waals surface area contributed by atoms with E-state index in [0.717, 1.165) is 5.56 Å². The van der Waals surface area contributed by atoms with Gasteiger partial charge in [0, 0.05) is 11.5 Å². The molecule has 30 heavy (non-hydrogen) atoms. The molecule has 1 aliphatic carbocycles. The van der Waals surface area contributed by atoms with Crippen LogP contribution in [0.15, 0.2) is 72.8 Å². The Kier molecular flexibility index (Phi) is 4.89. The predicted octanol–water partition coefficient (Wildman–Crippen LogP) is 4.36. The van der Waals surface area contributed by atoms with E-state index in [9.17, 15) is 9.90 Å². The van der Waals surface area contributed by atoms with Crippen LogP contribution in [0.1, 0.15) is 28.7 Å². The van der Waals surface area contributed by atoms with Crippen molar-refractivity contribution in [1.82, 2.24) is 4.90 Å². The van der Waals surface area contributed by atoms with Gasteiger partial charge in [-0.25, -0.2) is 4.79 Å². The normalized spacial score (nSPS) is 17.4. The molecule has 152 valence electrons. The number of carbonyl (C=O) groups is 1. The van der Waals surface area contributed by atoms with Gasteiger partial charge >= 0.3 is 6.09 Å². The van der Waals surface area contributed by atoms with Crippen molar-refractivity contribution in [1.29, 1.82) is 0 Å². The molecule has 0 radical (unpaired) electrons. The third-order valence-corrected chi connectivity index (χ3v) is 5.99. The number of para-hydroxylation sites is 1. The van der Waals surface area contributed by atoms with Crippen molar-refractivity contribution in [2.24, 2.45) is 0 Å². The number of hydrogen-bond acceptors (Lipinski definition) is 4. The summed E-state index contributed by atoms with van der Waals surface area (Å²) in [5, 5.41) is 10.0. The highest BCUT2D eigenvalue weighted by Crippen LogP contribution is 2.44. The number of benzene rings is 3. The summed E-state index contributed by atoms with van der Waals surface area (Å²) >= 11 is 0. The summed E-state index contributed by atoms with van der Waals surface area (Å²) in [6, 6.07) is 23.5. The number of amides is 1. The standard InChI is InChI=1S/C25H23NO4/c27-15-23-21-11-5-6-12-24(21)29-14-13-26(23)25(28)30-16-22-19-9-3-1-7-17(19)18-8-2-4-10-20(18)22/h1-12,22-23,27H,13-16H2. The summed E-state index contributed by atoms with van der Waals surface area (Å²) < 4.78 is 11.6. The van der Waals surface area contributed by atoms with E-state index in [2.05, 4.69) is 24.3 Å². The Morgan fingerprint density at radius 1 is 0.933 bits per heavy atom. The van der Waals surface area contributed by atoms with Gasteiger partial charge in [-0.3, -0.25) is 4.90 Å². The molecule has 0 spiro atoms. The van der Waals surface area contributed by atoms with Crippen molar-refractivity contribution in [3.05, 3.63) is 89.5 Å². The monoisotopic (exact) mass is 401 g/mol. The van der Waals surface area contributed by atoms with Crippen LogP contribution >= 0.6 is 0 Å². The molecule has 1 aliphatic heterocycles. The minimum absolute atomic E-state index is 0.00411. The molecule has 0 saturated carbocycles. The molecule has 3 aromatic carbocycles. The summed E-state index contributed by atoms with van der Waals surface area (Å²) in [4.78, 5) is 14.6. The average Bonchev–Trinajstić information content (AvgIpc) is 2.98. The van der Waals surface area contributed by atoms with Gasteiger partial charge in [0.1, 0.15) is 19.0 Å². The lowest BCUT2D eigenvalue weighted by Gasteiger charge is -2.28. The number of aliphatic hydroxyl groups is 1. The van der Waals surface area contributed by atoms with Crippen LogP contribution in [0.3, 0.4) is 0 Å². The molecule has 0 bridgehead atoms. The second-order valence-corrected chi connectivity index (χ2v) is 7.58. The van der Waals surface area contributed by atoms with Crippen molar-refractivity contribution < 1.29 is 19.4 Å². The number of ether oxygens (including phenoxy) is 2. The van der Waals surface area contributed by atoms with Crippen molar-refractivity contribution >= 4 is 6.09 Å². The third kappa shape index (κ3) is 3.12. The van der Waals surface area contributed by atoms with Gasteiger partial charge in [-0.15, -0.1) is 0 Å². The fraction of sp³-hybridized carbons (Fsp3) is 0.240. The van der Waals surface area contributed by atoms with Crippen LogP contribution in [0, 0.1) is 0 Å². The van der Waals surface area contributed by atoms with Crippen molar-refractivity contribution in [2.45, 2.75) is 12.0 Å². The van der Waals surface area contributed by atoms with E-state index in [-0.39, 0.29) is 19.1 Å². The molecule has 3 aromatic rings. The summed E-state index contributed by atoms with van der Waals surface area (Å²) in [5.74, 6) is 0.704. The van der Waals surface area contributed by atoms with E-state index < -0.39 is 12.1 Å². The summed E-state index contributed by atoms with van der Waals surface area (Å²) in [5.41, 5.74) is 5.54. The first-order valence-corrected chi connectivity index (χ1v) is 10.2. The lowest BCUT2D eigenvalue weighted by atomic mass is 9.98. The van der Waals surface area contributed by atoms with Gasteiger partial charge in [0.15, 0.2) is 0 Å². The molecule has 0 aromatic heterocycles. The number of carbonyl (C=O) groups excluding carboxylic acids is 1. The van der Waals surface area contributed by atoms with Crippen LogP contribution in [0.4, 0.5) is 4.79 Å². The largest absolute Gasteiger partial charge is 0.491 e. The van der Waals surface area contributed by atoms with Gasteiger partial charge in [0.2, 0.25) is 0 Å². The Balaban J connectivity index is 1.38. The Bertz CT molecular complexity index is 1030. The molecule has 5 rings (SSSR count). The number of hydrogen-bond donors (Lipinski definition) is 1. The van der Waals surface area contributed by atoms with E-state index in [4.69, 9.17) is 9.47 Å². The minimum Gasteiger partial charge on any atom is -0.491 e. The second kappa shape index (κ2) is 7.84. The molecule has 2 aliphatic rings. The van der Waals surface area contributed by atoms with Crippen LogP contribution in [-0.2, 0) is 4.74 Å². The van der Waals surface area contributed by atoms with Crippen LogP contribution in [0.2, 0.25) is 0 Å². The lowest BCUT2D eigenvalue weighted by Crippen LogP contribution is -2.38. The fourth-order valence-corrected chi connectivity index (χ4v) is 4.56. The third-order valence-electron chi connectivity index (χ3n) is 5.99. The topological polar surface area (TPSA) is 59.0 Å². The van der Waals surface area contributed by atoms with Gasteiger partial charge < -0.3 is 14.6 Å². The van der Waals surface area contributed by atoms with Crippen molar-refractivity contribution in [3.63, 3.8) is 0 Å². The number of nitrogens with zero attached hydrogens (tertiary/aromatic N) is 1. The zero-order chi connectivity index (χ0) is 20.5. The second-order valence-electron chi connectivity index (χ2n) is 7.58. The molecule has 5 heteroatoms. The van der Waals surface area contributed by atoms with Crippen LogP contribution < -0.4 is 4.74 Å². The highest BCUT2D eigenvalue weighted by atomic mass is 16.6. The summed E-state index contributed by atoms with van der Waals surface area (Å²) in [7, 11) is 0. The first kappa shape index (κ1) is 18.7. The van der Waals surface area contributed by atoms with Gasteiger partial charge in [-0.1, -0.05) is 66.7 Å². The number of rotatable bonds is 3. The van der Waals surface area contributed by atoms with E-state index in [1.54, 1.807) is 4.90 Å². The predicted molar refractivity (Wildman–Crippen MR) is 114 cm³/mol. The Labute approximate surface area is 175 Å². The SMILES string of the molecule is O=C(OCC1c2ccccc2-c2ccccc21)N1CCOc2ccccc2C1CO. The smallest absolute Gasteiger partial charge is 0.410 e. The Morgan fingerprint density at radius 3 is 2.20 bits per heavy atom. The zero-order valence-corrected chi connectivity index (χ0v) is 16.5.